The fraction of sp³-hybridized carbons (Fsp3) is 0.241. The van der Waals surface area contributed by atoms with Gasteiger partial charge in [0, 0.05) is 55.2 Å². The predicted molar refractivity (Wildman–Crippen MR) is 331 cm³/mol. The Bertz CT molecular complexity index is 4210. The molecule has 3 aromatic heterocycles. The number of azo groups is 2. The van der Waals surface area contributed by atoms with Crippen molar-refractivity contribution in [2.75, 3.05) is 75.1 Å². The molecule has 0 radical (unpaired) electrons. The summed E-state index contributed by atoms with van der Waals surface area (Å²) in [5, 5.41) is 45.6. The normalized spacial score (nSPS) is 11.8. The highest BCUT2D eigenvalue weighted by Gasteiger charge is 2.26. The second kappa shape index (κ2) is 27.8. The van der Waals surface area contributed by atoms with E-state index in [9.17, 15) is 49.4 Å². The van der Waals surface area contributed by atoms with Gasteiger partial charge in [-0.3, -0.25) is 13.7 Å². The zero-order valence-electron chi connectivity index (χ0n) is 47.8. The highest BCUT2D eigenvalue weighted by Crippen LogP contribution is 2.45. The van der Waals surface area contributed by atoms with Gasteiger partial charge in [-0.2, -0.15) is 59.5 Å². The number of ether oxygens (including phenoxy) is 4. The highest BCUT2D eigenvalue weighted by atomic mass is 32.2. The molecule has 3 heterocycles. The lowest BCUT2D eigenvalue weighted by atomic mass is 10.1. The number of nitrogens with one attached hydrogen (secondary N) is 2. The van der Waals surface area contributed by atoms with Crippen LogP contribution in [-0.2, 0) is 36.1 Å². The Labute approximate surface area is 518 Å². The van der Waals surface area contributed by atoms with Crippen LogP contribution in [-0.4, -0.2) is 117 Å². The second-order valence-corrected chi connectivity index (χ2v) is 24.7. The molecule has 8 aromatic rings. The molecule has 0 saturated heterocycles. The zero-order chi connectivity index (χ0) is 63.7. The average Bonchev–Trinajstić information content (AvgIpc) is 4.27. The molecule has 0 amide bonds. The molecular weight excluding hydrogens is 1260 g/mol. The summed E-state index contributed by atoms with van der Waals surface area (Å²) in [5.41, 5.74) is 2.86. The molecule has 0 fully saturated rings. The van der Waals surface area contributed by atoms with Crippen molar-refractivity contribution in [3.8, 4) is 57.7 Å². The molecule has 0 spiro atoms. The molecule has 0 atom stereocenters. The minimum Gasteiger partial charge on any atom is -0.495 e. The number of anilines is 6. The lowest BCUT2D eigenvalue weighted by molar-refractivity contribution is 0.397. The number of methoxy groups -OCH3 is 4. The number of hydrogen-bond acceptors (Lipinski definition) is 28. The molecule has 0 saturated carbocycles. The van der Waals surface area contributed by atoms with Crippen molar-refractivity contribution in [2.45, 2.75) is 53.3 Å². The van der Waals surface area contributed by atoms with E-state index in [1.165, 1.54) is 70.9 Å². The maximum atomic E-state index is 12.3. The molecule has 5 aromatic carbocycles. The van der Waals surface area contributed by atoms with Gasteiger partial charge in [0.05, 0.1) is 56.1 Å². The van der Waals surface area contributed by atoms with Crippen molar-refractivity contribution in [1.82, 2.24) is 23.7 Å². The van der Waals surface area contributed by atoms with E-state index >= 15 is 0 Å². The van der Waals surface area contributed by atoms with E-state index in [0.717, 1.165) is 47.0 Å². The van der Waals surface area contributed by atoms with Crippen LogP contribution in [0.3, 0.4) is 0 Å². The summed E-state index contributed by atoms with van der Waals surface area (Å²) >= 11 is 2.69. The van der Waals surface area contributed by atoms with Crippen molar-refractivity contribution < 1.29 is 57.9 Å². The van der Waals surface area contributed by atoms with Gasteiger partial charge in [-0.05, 0) is 117 Å². The Morgan fingerprint density at radius 3 is 1.36 bits per heavy atom. The summed E-state index contributed by atoms with van der Waals surface area (Å²) in [6, 6.07) is 24.3. The monoisotopic (exact) mass is 1310 g/mol. The Kier molecular flexibility index (Phi) is 20.5. The molecule has 8 rings (SSSR count). The molecule has 34 heteroatoms. The van der Waals surface area contributed by atoms with Crippen molar-refractivity contribution in [2.24, 2.45) is 20.5 Å². The van der Waals surface area contributed by atoms with E-state index in [2.05, 4.69) is 52.0 Å². The maximum absolute atomic E-state index is 12.3. The SMILES string of the molecule is CCN(CC)c1cc(Nc2nc(Nc3cc(N(CC)CC)c(OC)cc3N=Nc3snc(-c4ccc(OC)c(S(=O)(=O)O)c4)c3C#N)nc(SCc3cccc(S(=O)(=O)O)c3)n2)c(N=Nc2snc(-c3ccc(OC)c(S(=O)(=O)O)c3)c2C#N)cc1OC. The zero-order valence-corrected chi connectivity index (χ0v) is 52.7. The van der Waals surface area contributed by atoms with Gasteiger partial charge in [-0.1, -0.05) is 23.9 Å². The molecule has 0 aliphatic carbocycles. The lowest BCUT2D eigenvalue weighted by Gasteiger charge is -2.25. The van der Waals surface area contributed by atoms with Gasteiger partial charge >= 0.3 is 0 Å². The van der Waals surface area contributed by atoms with E-state index in [-0.39, 0.29) is 106 Å². The first-order chi connectivity index (χ1) is 42.0. The van der Waals surface area contributed by atoms with Gasteiger partial charge in [-0.15, -0.1) is 20.5 Å². The number of aromatic nitrogens is 5. The van der Waals surface area contributed by atoms with Crippen LogP contribution in [0.25, 0.3) is 22.5 Å². The third kappa shape index (κ3) is 14.7. The summed E-state index contributed by atoms with van der Waals surface area (Å²) in [4.78, 5) is 17.0. The molecule has 0 aliphatic heterocycles. The van der Waals surface area contributed by atoms with Gasteiger partial charge < -0.3 is 39.4 Å². The summed E-state index contributed by atoms with van der Waals surface area (Å²) < 4.78 is 134. The third-order valence-corrected chi connectivity index (χ3v) is 18.0. The molecule has 28 nitrogen and oxygen atoms in total. The minimum atomic E-state index is -4.76. The van der Waals surface area contributed by atoms with Gasteiger partial charge in [0.1, 0.15) is 78.8 Å². The summed E-state index contributed by atoms with van der Waals surface area (Å²) in [7, 11) is -8.64. The Morgan fingerprint density at radius 2 is 0.989 bits per heavy atom. The molecule has 0 bridgehead atoms. The molecule has 458 valence electrons. The van der Waals surface area contributed by atoms with E-state index in [4.69, 9.17) is 33.9 Å². The number of thioether (sulfide) groups is 1. The smallest absolute Gasteiger partial charge is 0.298 e. The molecular formula is C54H53N15O13S6. The Balaban J connectivity index is 1.26. The lowest BCUT2D eigenvalue weighted by Crippen LogP contribution is -2.22. The Morgan fingerprint density at radius 1 is 0.557 bits per heavy atom. The average molecular weight is 1310 g/mol. The first-order valence-electron chi connectivity index (χ1n) is 25.9. The second-order valence-electron chi connectivity index (χ2n) is 18.1. The number of hydrogen-bond donors (Lipinski definition) is 5. The van der Waals surface area contributed by atoms with E-state index in [1.54, 1.807) is 30.3 Å². The molecule has 88 heavy (non-hydrogen) atoms. The number of rotatable bonds is 26. The molecule has 0 unspecified atom stereocenters. The van der Waals surface area contributed by atoms with Crippen LogP contribution in [0, 0.1) is 22.7 Å². The topological polar surface area (TPSA) is 392 Å². The molecule has 0 aliphatic rings. The van der Waals surface area contributed by atoms with Crippen LogP contribution >= 0.6 is 34.8 Å². The van der Waals surface area contributed by atoms with Crippen LogP contribution in [0.2, 0.25) is 0 Å². The summed E-state index contributed by atoms with van der Waals surface area (Å²) in [6.45, 7) is 10.0. The third-order valence-electron chi connectivity index (χ3n) is 13.0. The van der Waals surface area contributed by atoms with Crippen molar-refractivity contribution in [1.29, 1.82) is 10.5 Å². The van der Waals surface area contributed by atoms with E-state index < -0.39 is 40.1 Å². The minimum absolute atomic E-state index is 0.0329. The van der Waals surface area contributed by atoms with Crippen LogP contribution in [0.1, 0.15) is 44.4 Å². The fourth-order valence-electron chi connectivity index (χ4n) is 8.69. The number of benzene rings is 5. The van der Waals surface area contributed by atoms with Crippen molar-refractivity contribution >= 4 is 121 Å². The first kappa shape index (κ1) is 65.0. The fourth-order valence-corrected chi connectivity index (χ4v) is 12.8. The van der Waals surface area contributed by atoms with Gasteiger partial charge in [0.25, 0.3) is 30.4 Å². The summed E-state index contributed by atoms with van der Waals surface area (Å²) in [5.74, 6) is 0.457. The van der Waals surface area contributed by atoms with Crippen LogP contribution in [0.5, 0.6) is 23.0 Å². The van der Waals surface area contributed by atoms with Gasteiger partial charge in [-0.25, -0.2) is 0 Å². The van der Waals surface area contributed by atoms with Crippen LogP contribution in [0.4, 0.5) is 56.0 Å². The van der Waals surface area contributed by atoms with Gasteiger partial charge in [0.15, 0.2) is 15.2 Å². The number of nitrogens with zero attached hydrogens (tertiary/aromatic N) is 13. The van der Waals surface area contributed by atoms with E-state index in [0.29, 0.717) is 54.6 Å². The van der Waals surface area contributed by atoms with Crippen LogP contribution < -0.4 is 39.4 Å². The number of nitriles is 2. The maximum Gasteiger partial charge on any atom is 0.298 e. The van der Waals surface area contributed by atoms with Crippen LogP contribution in [0.15, 0.2) is 125 Å². The first-order valence-corrected chi connectivity index (χ1v) is 32.8. The summed E-state index contributed by atoms with van der Waals surface area (Å²) in [6.07, 6.45) is 0. The Hall–Kier alpha value is -8.97. The standard InChI is InChI=1S/C54H53N15O13S6/c1-9-68(10-2)40-23-36(38(25-44(40)81-7)62-64-50-34(27-55)48(66-84-50)31-16-18-42(79-5)46(21-31)87(73,74)75)57-52-59-53(61-54(60-52)83-29-30-14-13-15-33(20-30)86(70,71)72)58-37-24-41(69(11-3)12-4)45(82-8)26-39(37)63-65-51-35(28-56)49(67-85-51)32-17-19-43(80-6)47(22-32)88(76,77)78/h13-26H,9-12,29H2,1-8H3,(H,70,71,72)(H,73,74,75)(H,76,77,78)(H2,57,58,59,60,61). The van der Waals surface area contributed by atoms with Crippen molar-refractivity contribution in [3.05, 3.63) is 102 Å². The largest absolute Gasteiger partial charge is 0.495 e. The van der Waals surface area contributed by atoms with Gasteiger partial charge in [0.2, 0.25) is 11.9 Å². The van der Waals surface area contributed by atoms with E-state index in [1.807, 2.05) is 37.5 Å². The molecule has 5 N–H and O–H groups in total. The predicted octanol–water partition coefficient (Wildman–Crippen LogP) is 11.9. The highest BCUT2D eigenvalue weighted by molar-refractivity contribution is 7.98. The van der Waals surface area contributed by atoms with Crippen molar-refractivity contribution in [3.63, 3.8) is 0 Å². The quantitative estimate of drug-likeness (QED) is 0.0191.